The zero-order valence-electron chi connectivity index (χ0n) is 16.6. The summed E-state index contributed by atoms with van der Waals surface area (Å²) < 4.78 is 6.31. The van der Waals surface area contributed by atoms with Gasteiger partial charge in [0.1, 0.15) is 5.69 Å². The van der Waals surface area contributed by atoms with E-state index in [1.54, 1.807) is 12.3 Å². The molecule has 28 heavy (non-hydrogen) atoms. The summed E-state index contributed by atoms with van der Waals surface area (Å²) in [7, 11) is 0. The number of pyridine rings is 1. The molecule has 3 aliphatic rings. The Morgan fingerprint density at radius 2 is 1.93 bits per heavy atom. The third-order valence-electron chi connectivity index (χ3n) is 7.81. The van der Waals surface area contributed by atoms with E-state index in [0.717, 1.165) is 13.0 Å². The number of fused-ring (bicyclic) bond motifs is 1. The van der Waals surface area contributed by atoms with Crippen LogP contribution in [0.2, 0.25) is 0 Å². The smallest absolute Gasteiger partial charge is 0.270 e. The van der Waals surface area contributed by atoms with Crippen molar-refractivity contribution in [2.45, 2.75) is 45.3 Å². The Kier molecular flexibility index (Phi) is 4.09. The van der Waals surface area contributed by atoms with Gasteiger partial charge in [-0.05, 0) is 59.6 Å². The summed E-state index contributed by atoms with van der Waals surface area (Å²) >= 11 is 0. The summed E-state index contributed by atoms with van der Waals surface area (Å²) in [6, 6.07) is 16.3. The molecular formula is C24H28N2O2. The van der Waals surface area contributed by atoms with Gasteiger partial charge in [-0.1, -0.05) is 50.2 Å². The van der Waals surface area contributed by atoms with E-state index in [9.17, 15) is 4.79 Å². The number of ether oxygens (including phenoxy) is 1. The van der Waals surface area contributed by atoms with Crippen LogP contribution in [-0.2, 0) is 4.74 Å². The summed E-state index contributed by atoms with van der Waals surface area (Å²) in [5.41, 5.74) is 1.96. The lowest BCUT2D eigenvalue weighted by Crippen LogP contribution is -2.59. The van der Waals surface area contributed by atoms with Crippen molar-refractivity contribution in [1.29, 1.82) is 0 Å². The second-order valence-corrected chi connectivity index (χ2v) is 9.37. The highest BCUT2D eigenvalue weighted by Crippen LogP contribution is 2.70. The summed E-state index contributed by atoms with van der Waals surface area (Å²) in [4.78, 5) is 17.2. The minimum absolute atomic E-state index is 0.0536. The molecule has 146 valence electrons. The van der Waals surface area contributed by atoms with E-state index in [4.69, 9.17) is 4.74 Å². The topological polar surface area (TPSA) is 51.2 Å². The highest BCUT2D eigenvalue weighted by molar-refractivity contribution is 5.92. The van der Waals surface area contributed by atoms with Gasteiger partial charge in [-0.2, -0.15) is 0 Å². The first kappa shape index (κ1) is 17.9. The van der Waals surface area contributed by atoms with Gasteiger partial charge < -0.3 is 10.1 Å². The first-order valence-electron chi connectivity index (χ1n) is 10.4. The molecule has 3 fully saturated rings. The highest BCUT2D eigenvalue weighted by atomic mass is 16.5. The fraction of sp³-hybridized carbons (Fsp3) is 0.500. The molecular weight excluding hydrogens is 348 g/mol. The molecule has 2 aliphatic carbocycles. The standard InChI is InChI=1S/C24H28N2O2/c1-23(2)17-14-18-20(16-8-4-3-5-9-16)28-13-11-24(18,15-17)22(23)26-21(27)19-10-6-7-12-25-19/h3-10,12,17-18,20,22H,11,13-15H2,1-2H3,(H,26,27)/t17-,18-,20-,22+,24?/m1/s1. The summed E-state index contributed by atoms with van der Waals surface area (Å²) in [6.45, 7) is 5.42. The molecule has 2 bridgehead atoms. The van der Waals surface area contributed by atoms with Gasteiger partial charge in [0, 0.05) is 18.8 Å². The van der Waals surface area contributed by atoms with Crippen molar-refractivity contribution in [2.75, 3.05) is 6.61 Å². The number of nitrogens with one attached hydrogen (secondary N) is 1. The Morgan fingerprint density at radius 3 is 2.68 bits per heavy atom. The third-order valence-corrected chi connectivity index (χ3v) is 7.81. The predicted molar refractivity (Wildman–Crippen MR) is 108 cm³/mol. The van der Waals surface area contributed by atoms with E-state index in [-0.39, 0.29) is 28.9 Å². The van der Waals surface area contributed by atoms with Crippen LogP contribution < -0.4 is 5.32 Å². The number of amides is 1. The van der Waals surface area contributed by atoms with E-state index >= 15 is 0 Å². The monoisotopic (exact) mass is 376 g/mol. The number of rotatable bonds is 3. The largest absolute Gasteiger partial charge is 0.373 e. The fourth-order valence-corrected chi connectivity index (χ4v) is 6.46. The van der Waals surface area contributed by atoms with Crippen molar-refractivity contribution in [3.8, 4) is 0 Å². The number of benzene rings is 1. The number of hydrogen-bond donors (Lipinski definition) is 1. The van der Waals surface area contributed by atoms with Crippen molar-refractivity contribution >= 4 is 5.91 Å². The van der Waals surface area contributed by atoms with Crippen LogP contribution in [0.3, 0.4) is 0 Å². The average molecular weight is 377 g/mol. The van der Waals surface area contributed by atoms with Crippen molar-refractivity contribution in [3.05, 3.63) is 66.0 Å². The van der Waals surface area contributed by atoms with Crippen LogP contribution in [0.4, 0.5) is 0 Å². The lowest BCUT2D eigenvalue weighted by molar-refractivity contribution is -0.120. The Labute approximate surface area is 166 Å². The predicted octanol–water partition coefficient (Wildman–Crippen LogP) is 4.39. The number of aromatic nitrogens is 1. The van der Waals surface area contributed by atoms with Crippen LogP contribution >= 0.6 is 0 Å². The highest BCUT2D eigenvalue weighted by Gasteiger charge is 2.68. The molecule has 0 radical (unpaired) electrons. The van der Waals surface area contributed by atoms with Gasteiger partial charge in [0.2, 0.25) is 0 Å². The van der Waals surface area contributed by atoms with Crippen LogP contribution in [0.1, 0.15) is 55.3 Å². The Morgan fingerprint density at radius 1 is 1.14 bits per heavy atom. The second kappa shape index (κ2) is 6.41. The molecule has 4 heteroatoms. The Hall–Kier alpha value is -2.20. The number of carbonyl (C=O) groups is 1. The molecule has 4 nitrogen and oxygen atoms in total. The average Bonchev–Trinajstić information content (AvgIpc) is 3.21. The number of nitrogens with zero attached hydrogens (tertiary/aromatic N) is 1. The van der Waals surface area contributed by atoms with E-state index in [2.05, 4.69) is 54.5 Å². The molecule has 1 amide bonds. The minimum Gasteiger partial charge on any atom is -0.373 e. The molecule has 1 aromatic heterocycles. The van der Waals surface area contributed by atoms with Crippen molar-refractivity contribution in [1.82, 2.24) is 10.3 Å². The quantitative estimate of drug-likeness (QED) is 0.864. The van der Waals surface area contributed by atoms with Crippen LogP contribution in [0.15, 0.2) is 54.7 Å². The SMILES string of the molecule is CC1(C)[C@@H]2C[C@@H]3[C@@H](c4ccccc4)OCCC3(C2)[C@H]1NC(=O)c1ccccn1. The van der Waals surface area contributed by atoms with Gasteiger partial charge in [-0.3, -0.25) is 9.78 Å². The van der Waals surface area contributed by atoms with E-state index in [0.29, 0.717) is 17.5 Å². The molecule has 1 N–H and O–H groups in total. The van der Waals surface area contributed by atoms with Crippen molar-refractivity contribution < 1.29 is 9.53 Å². The fourth-order valence-electron chi connectivity index (χ4n) is 6.46. The molecule has 1 aromatic carbocycles. The third kappa shape index (κ3) is 2.54. The van der Waals surface area contributed by atoms with E-state index < -0.39 is 0 Å². The normalized spacial score (nSPS) is 35.4. The Bertz CT molecular complexity index is 867. The number of hydrogen-bond acceptors (Lipinski definition) is 3. The van der Waals surface area contributed by atoms with Gasteiger partial charge >= 0.3 is 0 Å². The molecule has 1 saturated heterocycles. The van der Waals surface area contributed by atoms with Crippen LogP contribution in [-0.4, -0.2) is 23.5 Å². The van der Waals surface area contributed by atoms with Crippen molar-refractivity contribution in [2.24, 2.45) is 22.7 Å². The Balaban J connectivity index is 1.48. The molecule has 1 spiro atoms. The molecule has 2 aromatic rings. The van der Waals surface area contributed by atoms with E-state index in [1.165, 1.54) is 18.4 Å². The molecule has 2 heterocycles. The van der Waals surface area contributed by atoms with Gasteiger partial charge in [0.25, 0.3) is 5.91 Å². The molecule has 5 atom stereocenters. The maximum absolute atomic E-state index is 13.0. The van der Waals surface area contributed by atoms with Crippen molar-refractivity contribution in [3.63, 3.8) is 0 Å². The zero-order chi connectivity index (χ0) is 19.4. The molecule has 5 rings (SSSR count). The second-order valence-electron chi connectivity index (χ2n) is 9.37. The lowest BCUT2D eigenvalue weighted by atomic mass is 9.59. The zero-order valence-corrected chi connectivity index (χ0v) is 16.6. The molecule has 2 saturated carbocycles. The van der Waals surface area contributed by atoms with Crippen LogP contribution in [0.5, 0.6) is 0 Å². The lowest BCUT2D eigenvalue weighted by Gasteiger charge is -2.53. The van der Waals surface area contributed by atoms with Gasteiger partial charge in [-0.25, -0.2) is 0 Å². The number of carbonyl (C=O) groups excluding carboxylic acids is 1. The van der Waals surface area contributed by atoms with Crippen LogP contribution in [0.25, 0.3) is 0 Å². The van der Waals surface area contributed by atoms with Crippen LogP contribution in [0, 0.1) is 22.7 Å². The first-order chi connectivity index (χ1) is 13.5. The van der Waals surface area contributed by atoms with Gasteiger partial charge in [0.15, 0.2) is 0 Å². The molecule has 1 unspecified atom stereocenters. The maximum atomic E-state index is 13.0. The van der Waals surface area contributed by atoms with E-state index in [1.807, 2.05) is 12.1 Å². The summed E-state index contributed by atoms with van der Waals surface area (Å²) in [5.74, 6) is 1.01. The summed E-state index contributed by atoms with van der Waals surface area (Å²) in [6.07, 6.45) is 5.20. The first-order valence-corrected chi connectivity index (χ1v) is 10.4. The van der Waals surface area contributed by atoms with Gasteiger partial charge in [0.05, 0.1) is 6.10 Å². The maximum Gasteiger partial charge on any atom is 0.270 e. The molecule has 1 aliphatic heterocycles. The van der Waals surface area contributed by atoms with Gasteiger partial charge in [-0.15, -0.1) is 0 Å². The summed E-state index contributed by atoms with van der Waals surface area (Å²) in [5, 5.41) is 3.42. The minimum atomic E-state index is -0.0536.